The number of aliphatic hydroxyl groups excluding tert-OH is 1. The van der Waals surface area contributed by atoms with Crippen molar-refractivity contribution in [2.45, 2.75) is 53.1 Å². The van der Waals surface area contributed by atoms with Crippen molar-refractivity contribution in [3.8, 4) is 0 Å². The molecule has 1 unspecified atom stereocenters. The zero-order valence-corrected chi connectivity index (χ0v) is 8.30. The van der Waals surface area contributed by atoms with Gasteiger partial charge in [-0.3, -0.25) is 0 Å². The summed E-state index contributed by atoms with van der Waals surface area (Å²) in [7, 11) is 0. The molecule has 0 rings (SSSR count). The van der Waals surface area contributed by atoms with Crippen LogP contribution in [-0.4, -0.2) is 11.2 Å². The quantitative estimate of drug-likeness (QED) is 0.652. The first-order valence-corrected chi connectivity index (χ1v) is 4.76. The monoisotopic (exact) mass is 158 g/mol. The van der Waals surface area contributed by atoms with Crippen molar-refractivity contribution in [2.75, 3.05) is 0 Å². The third kappa shape index (κ3) is 5.25. The van der Waals surface area contributed by atoms with E-state index in [1.54, 1.807) is 0 Å². The molecule has 0 aromatic rings. The van der Waals surface area contributed by atoms with Crippen LogP contribution in [-0.2, 0) is 0 Å². The minimum atomic E-state index is -0.122. The van der Waals surface area contributed by atoms with Crippen molar-refractivity contribution in [3.63, 3.8) is 0 Å². The Labute approximate surface area is 70.8 Å². The molecule has 0 bridgehead atoms. The minimum Gasteiger partial charge on any atom is -0.393 e. The van der Waals surface area contributed by atoms with Gasteiger partial charge in [0.25, 0.3) is 0 Å². The van der Waals surface area contributed by atoms with Crippen LogP contribution in [0.15, 0.2) is 0 Å². The molecule has 11 heavy (non-hydrogen) atoms. The maximum Gasteiger partial charge on any atom is 0.0512 e. The second-order valence-electron chi connectivity index (χ2n) is 3.84. The molecule has 0 heterocycles. The van der Waals surface area contributed by atoms with Gasteiger partial charge in [0, 0.05) is 0 Å². The van der Waals surface area contributed by atoms with Crippen LogP contribution in [0.2, 0.25) is 0 Å². The van der Waals surface area contributed by atoms with Gasteiger partial charge in [0.05, 0.1) is 6.10 Å². The molecule has 2 atom stereocenters. The lowest BCUT2D eigenvalue weighted by atomic mass is 9.88. The van der Waals surface area contributed by atoms with E-state index in [-0.39, 0.29) is 6.10 Å². The van der Waals surface area contributed by atoms with Crippen molar-refractivity contribution in [1.82, 2.24) is 0 Å². The molecule has 68 valence electrons. The Bertz CT molecular complexity index is 86.9. The average molecular weight is 158 g/mol. The van der Waals surface area contributed by atoms with Gasteiger partial charge >= 0.3 is 0 Å². The molecule has 0 aliphatic rings. The molecule has 0 aliphatic carbocycles. The lowest BCUT2D eigenvalue weighted by Gasteiger charge is -2.19. The van der Waals surface area contributed by atoms with E-state index in [2.05, 4.69) is 20.8 Å². The molecule has 0 spiro atoms. The zero-order chi connectivity index (χ0) is 8.85. The smallest absolute Gasteiger partial charge is 0.0512 e. The molecule has 0 saturated carbocycles. The summed E-state index contributed by atoms with van der Waals surface area (Å²) < 4.78 is 0. The average Bonchev–Trinajstić information content (AvgIpc) is 1.87. The summed E-state index contributed by atoms with van der Waals surface area (Å²) in [6, 6.07) is 0. The maximum atomic E-state index is 9.08. The molecular formula is C10H22O. The van der Waals surface area contributed by atoms with Gasteiger partial charge in [-0.1, -0.05) is 27.2 Å². The van der Waals surface area contributed by atoms with Crippen molar-refractivity contribution in [1.29, 1.82) is 0 Å². The SMILES string of the molecule is CC[C@@H](CCC(C)O)C(C)C. The Kier molecular flexibility index (Phi) is 5.57. The van der Waals surface area contributed by atoms with Crippen LogP contribution in [0, 0.1) is 11.8 Å². The molecule has 0 amide bonds. The van der Waals surface area contributed by atoms with Gasteiger partial charge in [0.1, 0.15) is 0 Å². The predicted molar refractivity (Wildman–Crippen MR) is 49.5 cm³/mol. The molecule has 0 saturated heterocycles. The van der Waals surface area contributed by atoms with E-state index in [1.165, 1.54) is 12.8 Å². The van der Waals surface area contributed by atoms with Crippen LogP contribution in [0.4, 0.5) is 0 Å². The predicted octanol–water partition coefficient (Wildman–Crippen LogP) is 2.83. The van der Waals surface area contributed by atoms with Gasteiger partial charge in [0.15, 0.2) is 0 Å². The van der Waals surface area contributed by atoms with Crippen LogP contribution < -0.4 is 0 Å². The molecule has 0 aliphatic heterocycles. The normalized spacial score (nSPS) is 16.9. The van der Waals surface area contributed by atoms with Gasteiger partial charge in [-0.15, -0.1) is 0 Å². The summed E-state index contributed by atoms with van der Waals surface area (Å²) in [5.74, 6) is 1.56. The Morgan fingerprint density at radius 3 is 1.91 bits per heavy atom. The third-order valence-electron chi connectivity index (χ3n) is 2.42. The Hall–Kier alpha value is -0.0400. The molecule has 0 fully saturated rings. The lowest BCUT2D eigenvalue weighted by molar-refractivity contribution is 0.166. The fraction of sp³-hybridized carbons (Fsp3) is 1.00. The zero-order valence-electron chi connectivity index (χ0n) is 8.30. The van der Waals surface area contributed by atoms with E-state index in [4.69, 9.17) is 5.11 Å². The van der Waals surface area contributed by atoms with Crippen molar-refractivity contribution in [2.24, 2.45) is 11.8 Å². The van der Waals surface area contributed by atoms with Gasteiger partial charge in [-0.2, -0.15) is 0 Å². The van der Waals surface area contributed by atoms with E-state index in [1.807, 2.05) is 6.92 Å². The third-order valence-corrected chi connectivity index (χ3v) is 2.42. The van der Waals surface area contributed by atoms with E-state index in [0.29, 0.717) is 0 Å². The van der Waals surface area contributed by atoms with Crippen molar-refractivity contribution < 1.29 is 5.11 Å². The number of hydrogen-bond acceptors (Lipinski definition) is 1. The number of aliphatic hydroxyl groups is 1. The lowest BCUT2D eigenvalue weighted by Crippen LogP contribution is -2.10. The van der Waals surface area contributed by atoms with Crippen LogP contribution >= 0.6 is 0 Å². The van der Waals surface area contributed by atoms with Gasteiger partial charge in [0.2, 0.25) is 0 Å². The van der Waals surface area contributed by atoms with E-state index < -0.39 is 0 Å². The van der Waals surface area contributed by atoms with Crippen LogP contribution in [0.3, 0.4) is 0 Å². The first kappa shape index (κ1) is 11.0. The fourth-order valence-corrected chi connectivity index (χ4v) is 1.46. The van der Waals surface area contributed by atoms with Gasteiger partial charge < -0.3 is 5.11 Å². The first-order valence-electron chi connectivity index (χ1n) is 4.76. The van der Waals surface area contributed by atoms with Crippen LogP contribution in [0.1, 0.15) is 47.0 Å². The standard InChI is InChI=1S/C10H22O/c1-5-10(8(2)3)7-6-9(4)11/h8-11H,5-7H2,1-4H3/t9?,10-/m0/s1. The fourth-order valence-electron chi connectivity index (χ4n) is 1.46. The topological polar surface area (TPSA) is 20.2 Å². The molecule has 0 aromatic carbocycles. The summed E-state index contributed by atoms with van der Waals surface area (Å²) in [4.78, 5) is 0. The van der Waals surface area contributed by atoms with Gasteiger partial charge in [-0.05, 0) is 31.6 Å². The molecule has 0 aromatic heterocycles. The van der Waals surface area contributed by atoms with E-state index in [0.717, 1.165) is 18.3 Å². The molecule has 1 N–H and O–H groups in total. The highest BCUT2D eigenvalue weighted by atomic mass is 16.3. The molecular weight excluding hydrogens is 136 g/mol. The maximum absolute atomic E-state index is 9.08. The Balaban J connectivity index is 3.52. The van der Waals surface area contributed by atoms with E-state index in [9.17, 15) is 0 Å². The summed E-state index contributed by atoms with van der Waals surface area (Å²) in [5.41, 5.74) is 0. The number of hydrogen-bond donors (Lipinski definition) is 1. The highest BCUT2D eigenvalue weighted by molar-refractivity contribution is 4.62. The molecule has 0 radical (unpaired) electrons. The highest BCUT2D eigenvalue weighted by Gasteiger charge is 2.11. The minimum absolute atomic E-state index is 0.122. The van der Waals surface area contributed by atoms with Crippen molar-refractivity contribution >= 4 is 0 Å². The summed E-state index contributed by atoms with van der Waals surface area (Å²) in [6.07, 6.45) is 3.25. The van der Waals surface area contributed by atoms with Crippen LogP contribution in [0.5, 0.6) is 0 Å². The second-order valence-corrected chi connectivity index (χ2v) is 3.84. The summed E-state index contributed by atoms with van der Waals surface area (Å²) >= 11 is 0. The number of rotatable bonds is 5. The van der Waals surface area contributed by atoms with Gasteiger partial charge in [-0.25, -0.2) is 0 Å². The van der Waals surface area contributed by atoms with E-state index >= 15 is 0 Å². The largest absolute Gasteiger partial charge is 0.393 e. The second kappa shape index (κ2) is 5.59. The first-order chi connectivity index (χ1) is 5.07. The Morgan fingerprint density at radius 1 is 1.09 bits per heavy atom. The molecule has 1 heteroatoms. The molecule has 1 nitrogen and oxygen atoms in total. The summed E-state index contributed by atoms with van der Waals surface area (Å²) in [5, 5.41) is 9.08. The highest BCUT2D eigenvalue weighted by Crippen LogP contribution is 2.21. The summed E-state index contributed by atoms with van der Waals surface area (Å²) in [6.45, 7) is 8.62. The van der Waals surface area contributed by atoms with Crippen LogP contribution in [0.25, 0.3) is 0 Å². The Morgan fingerprint density at radius 2 is 1.64 bits per heavy atom. The van der Waals surface area contributed by atoms with Crippen molar-refractivity contribution in [3.05, 3.63) is 0 Å².